The van der Waals surface area contributed by atoms with Crippen LogP contribution in [0.3, 0.4) is 0 Å². The highest BCUT2D eigenvalue weighted by Gasteiger charge is 2.33. The topological polar surface area (TPSA) is 68.7 Å². The Morgan fingerprint density at radius 1 is 1.10 bits per heavy atom. The van der Waals surface area contributed by atoms with Crippen LogP contribution in [-0.2, 0) is 15.7 Å². The molecule has 1 amide bonds. The van der Waals surface area contributed by atoms with Gasteiger partial charge in [0, 0.05) is 24.6 Å². The minimum atomic E-state index is -4.41. The van der Waals surface area contributed by atoms with Gasteiger partial charge in [0.1, 0.15) is 15.6 Å². The van der Waals surface area contributed by atoms with E-state index in [2.05, 4.69) is 4.98 Å². The highest BCUT2D eigenvalue weighted by molar-refractivity contribution is 7.17. The van der Waals surface area contributed by atoms with Crippen molar-refractivity contribution in [3.8, 4) is 16.3 Å². The molecule has 1 aliphatic rings. The first kappa shape index (κ1) is 29.6. The number of aromatic nitrogens is 1. The van der Waals surface area contributed by atoms with E-state index in [0.717, 1.165) is 36.1 Å². The van der Waals surface area contributed by atoms with Gasteiger partial charge in [-0.15, -0.1) is 11.3 Å². The lowest BCUT2D eigenvalue weighted by molar-refractivity contribution is -0.158. The number of carbonyl (C=O) groups excluding carboxylic acids is 2. The number of nitrogens with zero attached hydrogens (tertiary/aromatic N) is 2. The predicted octanol–water partition coefficient (Wildman–Crippen LogP) is 7.19. The van der Waals surface area contributed by atoms with E-state index in [1.54, 1.807) is 27.7 Å². The largest absolute Gasteiger partial charge is 0.476 e. The van der Waals surface area contributed by atoms with E-state index in [1.165, 1.54) is 23.5 Å². The minimum absolute atomic E-state index is 0.0777. The monoisotopic (exact) mass is 574 g/mol. The van der Waals surface area contributed by atoms with Crippen LogP contribution in [-0.4, -0.2) is 47.1 Å². The number of alkyl halides is 3. The van der Waals surface area contributed by atoms with E-state index in [4.69, 9.17) is 9.47 Å². The molecule has 1 atom stereocenters. The second-order valence-corrected chi connectivity index (χ2v) is 11.5. The van der Waals surface area contributed by atoms with Crippen molar-refractivity contribution >= 4 is 23.2 Å². The maximum absolute atomic E-state index is 13.5. The van der Waals surface area contributed by atoms with Crippen LogP contribution in [0.5, 0.6) is 5.75 Å². The molecular weight excluding hydrogens is 541 g/mol. The molecule has 4 rings (SSSR count). The Morgan fingerprint density at radius 2 is 1.80 bits per heavy atom. The Bertz CT molecular complexity index is 1380. The lowest BCUT2D eigenvalue weighted by Gasteiger charge is -2.33. The lowest BCUT2D eigenvalue weighted by atomic mass is 9.89. The van der Waals surface area contributed by atoms with Gasteiger partial charge in [-0.05, 0) is 76.8 Å². The fourth-order valence-electron chi connectivity index (χ4n) is 4.70. The second kappa shape index (κ2) is 11.6. The molecular formula is C30H33F3N2O4S. The highest BCUT2D eigenvalue weighted by Crippen LogP contribution is 2.36. The number of hydrogen-bond acceptors (Lipinski definition) is 6. The summed E-state index contributed by atoms with van der Waals surface area (Å²) in [5.41, 5.74) is 1.12. The molecule has 10 heteroatoms. The molecule has 1 unspecified atom stereocenters. The number of thiazole rings is 1. The van der Waals surface area contributed by atoms with Crippen molar-refractivity contribution in [1.29, 1.82) is 0 Å². The number of esters is 1. The summed E-state index contributed by atoms with van der Waals surface area (Å²) in [5, 5.41) is 0.507. The summed E-state index contributed by atoms with van der Waals surface area (Å²) in [5.74, 6) is 0.0992. The van der Waals surface area contributed by atoms with Crippen molar-refractivity contribution in [3.63, 3.8) is 0 Å². The van der Waals surface area contributed by atoms with Gasteiger partial charge in [-0.25, -0.2) is 9.78 Å². The number of halogens is 3. The van der Waals surface area contributed by atoms with Gasteiger partial charge in [0.05, 0.1) is 17.9 Å². The van der Waals surface area contributed by atoms with Crippen molar-refractivity contribution in [2.75, 3.05) is 19.7 Å². The molecule has 214 valence electrons. The molecule has 0 N–H and O–H groups in total. The average Bonchev–Trinajstić information content (AvgIpc) is 3.30. The zero-order chi connectivity index (χ0) is 29.2. The van der Waals surface area contributed by atoms with Gasteiger partial charge in [-0.3, -0.25) is 4.79 Å². The third kappa shape index (κ3) is 6.49. The fraction of sp³-hybridized carbons (Fsp3) is 0.433. The van der Waals surface area contributed by atoms with Crippen LogP contribution in [0.4, 0.5) is 13.2 Å². The maximum atomic E-state index is 13.5. The standard InChI is InChI=1S/C30H33F3N2O4S/c1-6-38-28(37)29(4,5)39-24-16-21(10-9-18(24)2)22-8-7-15-35(17-22)27(36)25-19(3)34-26(40-25)20-11-13-23(14-12-20)30(31,32)33/h9-14,16,22H,6-8,15,17H2,1-5H3. The van der Waals surface area contributed by atoms with E-state index in [-0.39, 0.29) is 18.4 Å². The van der Waals surface area contributed by atoms with E-state index in [0.29, 0.717) is 40.0 Å². The third-order valence-corrected chi connectivity index (χ3v) is 8.17. The van der Waals surface area contributed by atoms with Crippen LogP contribution in [0.25, 0.3) is 10.6 Å². The number of aryl methyl sites for hydroxylation is 2. The van der Waals surface area contributed by atoms with Crippen LogP contribution >= 0.6 is 11.3 Å². The van der Waals surface area contributed by atoms with Gasteiger partial charge in [0.25, 0.3) is 5.91 Å². The summed E-state index contributed by atoms with van der Waals surface area (Å²) in [6, 6.07) is 10.7. The van der Waals surface area contributed by atoms with E-state index >= 15 is 0 Å². The smallest absolute Gasteiger partial charge is 0.416 e. The molecule has 6 nitrogen and oxygen atoms in total. The Balaban J connectivity index is 1.50. The number of hydrogen-bond donors (Lipinski definition) is 0. The molecule has 1 saturated heterocycles. The number of likely N-dealkylation sites (tertiary alicyclic amines) is 1. The number of amides is 1. The molecule has 1 aromatic heterocycles. The third-order valence-electron chi connectivity index (χ3n) is 6.97. The van der Waals surface area contributed by atoms with E-state index in [1.807, 2.05) is 30.0 Å². The van der Waals surface area contributed by atoms with Crippen LogP contribution in [0, 0.1) is 13.8 Å². The van der Waals surface area contributed by atoms with Gasteiger partial charge in [0.2, 0.25) is 0 Å². The minimum Gasteiger partial charge on any atom is -0.476 e. The molecule has 2 aromatic carbocycles. The summed E-state index contributed by atoms with van der Waals surface area (Å²) in [6.07, 6.45) is -2.70. The van der Waals surface area contributed by atoms with Gasteiger partial charge >= 0.3 is 12.1 Å². The van der Waals surface area contributed by atoms with Crippen LogP contribution < -0.4 is 4.74 Å². The molecule has 0 radical (unpaired) electrons. The van der Waals surface area contributed by atoms with Crippen molar-refractivity contribution in [2.24, 2.45) is 0 Å². The predicted molar refractivity (Wildman–Crippen MR) is 148 cm³/mol. The molecule has 0 spiro atoms. The summed E-state index contributed by atoms with van der Waals surface area (Å²) < 4.78 is 50.1. The van der Waals surface area contributed by atoms with Gasteiger partial charge in [-0.2, -0.15) is 13.2 Å². The first-order chi connectivity index (χ1) is 18.8. The molecule has 0 saturated carbocycles. The van der Waals surface area contributed by atoms with Crippen LogP contribution in [0.1, 0.15) is 71.6 Å². The van der Waals surface area contributed by atoms with Crippen molar-refractivity contribution in [2.45, 2.75) is 65.2 Å². The van der Waals surface area contributed by atoms with Crippen LogP contribution in [0.2, 0.25) is 0 Å². The second-order valence-electron chi connectivity index (χ2n) is 10.5. The van der Waals surface area contributed by atoms with Crippen molar-refractivity contribution < 1.29 is 32.2 Å². The van der Waals surface area contributed by atoms with Crippen LogP contribution in [0.15, 0.2) is 42.5 Å². The normalized spacial score (nSPS) is 16.1. The molecule has 0 aliphatic carbocycles. The first-order valence-corrected chi connectivity index (χ1v) is 14.0. The van der Waals surface area contributed by atoms with Crippen molar-refractivity contribution in [3.05, 3.63) is 69.7 Å². The summed E-state index contributed by atoms with van der Waals surface area (Å²) in [4.78, 5) is 32.7. The number of piperidine rings is 1. The number of rotatable bonds is 7. The highest BCUT2D eigenvalue weighted by atomic mass is 32.1. The average molecular weight is 575 g/mol. The Labute approximate surface area is 236 Å². The van der Waals surface area contributed by atoms with Gasteiger partial charge < -0.3 is 14.4 Å². The quantitative estimate of drug-likeness (QED) is 0.280. The molecule has 1 aliphatic heterocycles. The van der Waals surface area contributed by atoms with Crippen molar-refractivity contribution in [1.82, 2.24) is 9.88 Å². The molecule has 2 heterocycles. The zero-order valence-corrected chi connectivity index (χ0v) is 24.0. The first-order valence-electron chi connectivity index (χ1n) is 13.2. The van der Waals surface area contributed by atoms with Gasteiger partial charge in [0.15, 0.2) is 5.60 Å². The number of benzene rings is 2. The SMILES string of the molecule is CCOC(=O)C(C)(C)Oc1cc(C2CCCN(C(=O)c3sc(-c4ccc(C(F)(F)F)cc4)nc3C)C2)ccc1C. The summed E-state index contributed by atoms with van der Waals surface area (Å²) in [7, 11) is 0. The molecule has 3 aromatic rings. The summed E-state index contributed by atoms with van der Waals surface area (Å²) >= 11 is 1.19. The molecule has 40 heavy (non-hydrogen) atoms. The van der Waals surface area contributed by atoms with Gasteiger partial charge in [-0.1, -0.05) is 24.3 Å². The van der Waals surface area contributed by atoms with E-state index in [9.17, 15) is 22.8 Å². The summed E-state index contributed by atoms with van der Waals surface area (Å²) in [6.45, 7) is 10.1. The zero-order valence-electron chi connectivity index (χ0n) is 23.2. The maximum Gasteiger partial charge on any atom is 0.416 e. The number of ether oxygens (including phenoxy) is 2. The Kier molecular flexibility index (Phi) is 8.58. The molecule has 1 fully saturated rings. The van der Waals surface area contributed by atoms with E-state index < -0.39 is 23.3 Å². The number of carbonyl (C=O) groups is 2. The lowest BCUT2D eigenvalue weighted by Crippen LogP contribution is -2.40. The molecule has 0 bridgehead atoms. The fourth-order valence-corrected chi connectivity index (χ4v) is 5.74. The Hall–Kier alpha value is -3.40. The Morgan fingerprint density at radius 3 is 2.45 bits per heavy atom.